The number of nitrogens with zero attached hydrogens (tertiary/aromatic N) is 4. The van der Waals surface area contributed by atoms with Crippen molar-refractivity contribution >= 4 is 23.0 Å². The summed E-state index contributed by atoms with van der Waals surface area (Å²) < 4.78 is 0. The highest BCUT2D eigenvalue weighted by Crippen LogP contribution is 2.32. The molecule has 43 heavy (non-hydrogen) atoms. The smallest absolute Gasteiger partial charge is 0.253 e. The molecule has 4 aromatic rings. The molecule has 0 bridgehead atoms. The van der Waals surface area contributed by atoms with Gasteiger partial charge in [0.15, 0.2) is 5.65 Å². The molecule has 0 atom stereocenters. The average Bonchev–Trinajstić information content (AvgIpc) is 3.44. The Labute approximate surface area is 252 Å². The maximum absolute atomic E-state index is 12.6. The molecule has 9 heteroatoms. The first-order valence-electron chi connectivity index (χ1n) is 15.2. The van der Waals surface area contributed by atoms with Crippen LogP contribution in [-0.2, 0) is 17.8 Å². The third-order valence-electron chi connectivity index (χ3n) is 8.88. The van der Waals surface area contributed by atoms with Gasteiger partial charge in [-0.2, -0.15) is 0 Å². The van der Waals surface area contributed by atoms with Crippen LogP contribution in [0, 0.1) is 6.92 Å². The first-order valence-corrected chi connectivity index (χ1v) is 15.2. The van der Waals surface area contributed by atoms with Crippen LogP contribution in [-0.4, -0.2) is 81.0 Å². The number of fused-ring (bicyclic) bond motifs is 2. The normalized spacial score (nSPS) is 18.8. The van der Waals surface area contributed by atoms with Gasteiger partial charge in [-0.15, -0.1) is 0 Å². The van der Waals surface area contributed by atoms with Crippen molar-refractivity contribution < 1.29 is 14.7 Å². The van der Waals surface area contributed by atoms with Crippen LogP contribution in [0.2, 0.25) is 0 Å². The SMILES string of the molecule is Cc1cc(-c2cnc3[nH]cc(-c4ccc(C(=O)N(C)C)cc4)c3n2)cc2c1CCN(CCC(=O)N[C@H]1CC[C@H](O)CC1)C2. The molecule has 9 nitrogen and oxygen atoms in total. The lowest BCUT2D eigenvalue weighted by molar-refractivity contribution is -0.122. The summed E-state index contributed by atoms with van der Waals surface area (Å²) in [6.07, 6.45) is 8.21. The maximum atomic E-state index is 12.6. The minimum absolute atomic E-state index is 0.0295. The van der Waals surface area contributed by atoms with E-state index >= 15 is 0 Å². The van der Waals surface area contributed by atoms with Crippen molar-refractivity contribution in [2.45, 2.75) is 64.1 Å². The van der Waals surface area contributed by atoms with Crippen LogP contribution in [0.3, 0.4) is 0 Å². The number of carbonyl (C=O) groups is 2. The summed E-state index contributed by atoms with van der Waals surface area (Å²) >= 11 is 0. The summed E-state index contributed by atoms with van der Waals surface area (Å²) in [6.45, 7) is 4.63. The summed E-state index contributed by atoms with van der Waals surface area (Å²) in [6, 6.07) is 12.2. The number of aliphatic hydroxyl groups is 1. The zero-order chi connectivity index (χ0) is 30.1. The van der Waals surface area contributed by atoms with Crippen molar-refractivity contribution in [3.63, 3.8) is 0 Å². The molecule has 3 N–H and O–H groups in total. The van der Waals surface area contributed by atoms with Gasteiger partial charge in [-0.3, -0.25) is 14.5 Å². The number of hydrogen-bond acceptors (Lipinski definition) is 6. The van der Waals surface area contributed by atoms with Crippen LogP contribution in [0.5, 0.6) is 0 Å². The van der Waals surface area contributed by atoms with Gasteiger partial charge in [-0.05, 0) is 85.5 Å². The molecular weight excluding hydrogens is 540 g/mol. The highest BCUT2D eigenvalue weighted by atomic mass is 16.3. The Hall–Kier alpha value is -4.08. The number of aromatic amines is 1. The van der Waals surface area contributed by atoms with Crippen molar-refractivity contribution in [3.8, 4) is 22.4 Å². The summed E-state index contributed by atoms with van der Waals surface area (Å²) in [5, 5.41) is 12.9. The molecular formula is C34H40N6O3. The van der Waals surface area contributed by atoms with Crippen molar-refractivity contribution in [2.24, 2.45) is 0 Å². The maximum Gasteiger partial charge on any atom is 0.253 e. The molecule has 6 rings (SSSR count). The minimum atomic E-state index is -0.216. The number of nitrogens with one attached hydrogen (secondary N) is 2. The van der Waals surface area contributed by atoms with Gasteiger partial charge in [0.25, 0.3) is 5.91 Å². The van der Waals surface area contributed by atoms with Gasteiger partial charge in [0, 0.05) is 69.1 Å². The molecule has 0 saturated heterocycles. The lowest BCUT2D eigenvalue weighted by Gasteiger charge is -2.30. The van der Waals surface area contributed by atoms with Gasteiger partial charge in [0.2, 0.25) is 5.91 Å². The molecule has 2 amide bonds. The fraction of sp³-hybridized carbons (Fsp3) is 0.412. The second-order valence-electron chi connectivity index (χ2n) is 12.2. The first-order chi connectivity index (χ1) is 20.7. The monoisotopic (exact) mass is 580 g/mol. The fourth-order valence-corrected chi connectivity index (χ4v) is 6.40. The minimum Gasteiger partial charge on any atom is -0.393 e. The van der Waals surface area contributed by atoms with Crippen LogP contribution in [0.1, 0.15) is 59.2 Å². The van der Waals surface area contributed by atoms with Gasteiger partial charge in [-0.25, -0.2) is 9.97 Å². The predicted molar refractivity (Wildman–Crippen MR) is 168 cm³/mol. The molecule has 0 unspecified atom stereocenters. The molecule has 3 heterocycles. The van der Waals surface area contributed by atoms with Crippen LogP contribution in [0.25, 0.3) is 33.5 Å². The topological polar surface area (TPSA) is 114 Å². The first kappa shape index (κ1) is 29.0. The Morgan fingerprint density at radius 1 is 1.09 bits per heavy atom. The molecule has 2 aliphatic rings. The van der Waals surface area contributed by atoms with E-state index in [-0.39, 0.29) is 24.0 Å². The lowest BCUT2D eigenvalue weighted by Crippen LogP contribution is -2.40. The Balaban J connectivity index is 1.17. The largest absolute Gasteiger partial charge is 0.393 e. The molecule has 1 aliphatic carbocycles. The highest BCUT2D eigenvalue weighted by Gasteiger charge is 2.23. The molecule has 2 aromatic carbocycles. The number of rotatable bonds is 7. The van der Waals surface area contributed by atoms with E-state index in [0.717, 1.165) is 85.3 Å². The van der Waals surface area contributed by atoms with Gasteiger partial charge in [-0.1, -0.05) is 12.1 Å². The van der Waals surface area contributed by atoms with Gasteiger partial charge in [0.1, 0.15) is 5.52 Å². The second kappa shape index (κ2) is 12.3. The zero-order valence-corrected chi connectivity index (χ0v) is 25.2. The fourth-order valence-electron chi connectivity index (χ4n) is 6.40. The third-order valence-corrected chi connectivity index (χ3v) is 8.88. The number of aryl methyl sites for hydroxylation is 1. The highest BCUT2D eigenvalue weighted by molar-refractivity contribution is 5.96. The summed E-state index contributed by atoms with van der Waals surface area (Å²) in [7, 11) is 3.50. The summed E-state index contributed by atoms with van der Waals surface area (Å²) in [4.78, 5) is 41.9. The van der Waals surface area contributed by atoms with E-state index in [2.05, 4.69) is 39.2 Å². The number of hydrogen-bond donors (Lipinski definition) is 3. The third kappa shape index (κ3) is 6.33. The van der Waals surface area contributed by atoms with Crippen LogP contribution < -0.4 is 5.32 Å². The second-order valence-corrected chi connectivity index (χ2v) is 12.2. The molecule has 224 valence electrons. The van der Waals surface area contributed by atoms with Crippen molar-refractivity contribution in [3.05, 3.63) is 71.0 Å². The number of amides is 2. The van der Waals surface area contributed by atoms with E-state index in [9.17, 15) is 14.7 Å². The van der Waals surface area contributed by atoms with Crippen LogP contribution in [0.4, 0.5) is 0 Å². The lowest BCUT2D eigenvalue weighted by atomic mass is 9.92. The molecule has 1 saturated carbocycles. The number of benzene rings is 2. The molecule has 1 aliphatic heterocycles. The van der Waals surface area contributed by atoms with Crippen LogP contribution >= 0.6 is 0 Å². The molecule has 2 aromatic heterocycles. The van der Waals surface area contributed by atoms with E-state index < -0.39 is 0 Å². The van der Waals surface area contributed by atoms with Crippen LogP contribution in [0.15, 0.2) is 48.8 Å². The van der Waals surface area contributed by atoms with Crippen molar-refractivity contribution in [1.82, 2.24) is 30.1 Å². The standard InChI is InChI=1S/C34H40N6O3/c1-21-16-24(17-25-20-40(14-12-28(21)25)15-13-31(42)37-26-8-10-27(41)11-9-26)30-19-36-33-32(38-30)29(18-35-33)22-4-6-23(7-5-22)34(43)39(2)3/h4-7,16-19,26-27,41H,8-15,20H2,1-3H3,(H,35,36)(H,37,42)/t26-,27-. The molecule has 1 fully saturated rings. The zero-order valence-electron chi connectivity index (χ0n) is 25.2. The Kier molecular flexibility index (Phi) is 8.27. The van der Waals surface area contributed by atoms with E-state index in [4.69, 9.17) is 4.98 Å². The Morgan fingerprint density at radius 2 is 1.86 bits per heavy atom. The van der Waals surface area contributed by atoms with E-state index in [0.29, 0.717) is 12.0 Å². The predicted octanol–water partition coefficient (Wildman–Crippen LogP) is 4.47. The number of carbonyl (C=O) groups excluding carboxylic acids is 2. The Bertz CT molecular complexity index is 1640. The number of aromatic nitrogens is 3. The van der Waals surface area contributed by atoms with Crippen molar-refractivity contribution in [2.75, 3.05) is 27.2 Å². The number of H-pyrrole nitrogens is 1. The van der Waals surface area contributed by atoms with E-state index in [1.807, 2.05) is 36.7 Å². The molecule has 0 radical (unpaired) electrons. The van der Waals surface area contributed by atoms with Crippen molar-refractivity contribution in [1.29, 1.82) is 0 Å². The average molecular weight is 581 g/mol. The van der Waals surface area contributed by atoms with Gasteiger partial charge < -0.3 is 20.3 Å². The van der Waals surface area contributed by atoms with E-state index in [1.54, 1.807) is 19.0 Å². The van der Waals surface area contributed by atoms with Gasteiger partial charge in [0.05, 0.1) is 18.0 Å². The Morgan fingerprint density at radius 3 is 2.60 bits per heavy atom. The summed E-state index contributed by atoms with van der Waals surface area (Å²) in [5.41, 5.74) is 9.82. The molecule has 0 spiro atoms. The summed E-state index contributed by atoms with van der Waals surface area (Å²) in [5.74, 6) is 0.0695. The quantitative estimate of drug-likeness (QED) is 0.297. The van der Waals surface area contributed by atoms with E-state index in [1.165, 1.54) is 16.7 Å². The number of aliphatic hydroxyl groups excluding tert-OH is 1. The van der Waals surface area contributed by atoms with Gasteiger partial charge >= 0.3 is 0 Å².